The average Bonchev–Trinajstić information content (AvgIpc) is 2.51. The van der Waals surface area contributed by atoms with E-state index in [0.717, 1.165) is 24.0 Å². The Morgan fingerprint density at radius 3 is 2.30 bits per heavy atom. The largest absolute Gasteiger partial charge is 0.446 e. The number of aryl methyl sites for hydroxylation is 1. The molecule has 23 heavy (non-hydrogen) atoms. The summed E-state index contributed by atoms with van der Waals surface area (Å²) in [5.74, 6) is 0.172. The van der Waals surface area contributed by atoms with Gasteiger partial charge in [-0.25, -0.2) is 0 Å². The van der Waals surface area contributed by atoms with E-state index in [4.69, 9.17) is 4.55 Å². The Bertz CT molecular complexity index is 591. The number of hydrogen-bond donors (Lipinski definition) is 1. The van der Waals surface area contributed by atoms with Gasteiger partial charge in [0.15, 0.2) is 0 Å². The first-order chi connectivity index (χ1) is 11.0. The highest BCUT2D eigenvalue weighted by Gasteiger charge is 2.14. The van der Waals surface area contributed by atoms with Gasteiger partial charge in [0.05, 0.1) is 0 Å². The van der Waals surface area contributed by atoms with Crippen LogP contribution in [0.3, 0.4) is 0 Å². The first kappa shape index (κ1) is 19.7. The van der Waals surface area contributed by atoms with E-state index >= 15 is 0 Å². The number of benzene rings is 1. The Kier molecular flexibility index (Phi) is 8.95. The van der Waals surface area contributed by atoms with Crippen molar-refractivity contribution in [1.82, 2.24) is 0 Å². The molecule has 0 radical (unpaired) electrons. The van der Waals surface area contributed by atoms with Crippen molar-refractivity contribution < 1.29 is 17.2 Å². The summed E-state index contributed by atoms with van der Waals surface area (Å²) in [7, 11) is -4.51. The molecule has 1 rings (SSSR count). The number of allylic oxidation sites excluding steroid dienone is 1. The van der Waals surface area contributed by atoms with Crippen LogP contribution in [0.5, 0.6) is 0 Å². The fourth-order valence-corrected chi connectivity index (χ4v) is 3.03. The molecule has 0 bridgehead atoms. The highest BCUT2D eigenvalue weighted by molar-refractivity contribution is 7.81. The highest BCUT2D eigenvalue weighted by atomic mass is 32.3. The lowest BCUT2D eigenvalue weighted by Gasteiger charge is -2.12. The molecule has 1 aromatic carbocycles. The molecule has 0 saturated heterocycles. The fourth-order valence-electron chi connectivity index (χ4n) is 2.61. The van der Waals surface area contributed by atoms with Gasteiger partial charge < -0.3 is 4.18 Å². The molecular weight excluding hydrogens is 312 g/mol. The molecule has 0 spiro atoms. The van der Waals surface area contributed by atoms with Crippen molar-refractivity contribution >= 4 is 16.2 Å². The smallest absolute Gasteiger partial charge is 0.362 e. The molecule has 0 aromatic heterocycles. The quantitative estimate of drug-likeness (QED) is 0.343. The SMILES string of the molecule is C/C=C(\OS(=O)(=O)O)c1ccccc1CCCCCCCCC. The molecule has 0 amide bonds. The molecule has 4 nitrogen and oxygen atoms in total. The van der Waals surface area contributed by atoms with Crippen molar-refractivity contribution in [2.24, 2.45) is 0 Å². The Morgan fingerprint density at radius 1 is 1.09 bits per heavy atom. The van der Waals surface area contributed by atoms with Crippen LogP contribution in [-0.4, -0.2) is 13.0 Å². The summed E-state index contributed by atoms with van der Waals surface area (Å²) in [6.07, 6.45) is 11.0. The van der Waals surface area contributed by atoms with E-state index in [1.54, 1.807) is 13.0 Å². The maximum absolute atomic E-state index is 11.0. The Balaban J connectivity index is 2.60. The van der Waals surface area contributed by atoms with Gasteiger partial charge in [-0.05, 0) is 31.4 Å². The first-order valence-corrected chi connectivity index (χ1v) is 9.76. The summed E-state index contributed by atoms with van der Waals surface area (Å²) in [6.45, 7) is 3.90. The molecule has 1 N–H and O–H groups in total. The van der Waals surface area contributed by atoms with E-state index in [1.807, 2.05) is 24.3 Å². The van der Waals surface area contributed by atoms with Crippen LogP contribution in [0.4, 0.5) is 0 Å². The number of rotatable bonds is 11. The third-order valence-corrected chi connectivity index (χ3v) is 4.18. The minimum Gasteiger partial charge on any atom is -0.362 e. The van der Waals surface area contributed by atoms with E-state index in [9.17, 15) is 8.42 Å². The minimum atomic E-state index is -4.51. The predicted molar refractivity (Wildman–Crippen MR) is 94.4 cm³/mol. The molecule has 0 unspecified atom stereocenters. The molecule has 0 aliphatic heterocycles. The molecule has 0 fully saturated rings. The monoisotopic (exact) mass is 340 g/mol. The van der Waals surface area contributed by atoms with Gasteiger partial charge in [0.1, 0.15) is 5.76 Å². The van der Waals surface area contributed by atoms with E-state index < -0.39 is 10.4 Å². The van der Waals surface area contributed by atoms with Crippen molar-refractivity contribution in [3.8, 4) is 0 Å². The molecule has 1 aromatic rings. The topological polar surface area (TPSA) is 63.6 Å². The zero-order valence-corrected chi connectivity index (χ0v) is 14.9. The van der Waals surface area contributed by atoms with Crippen LogP contribution in [0, 0.1) is 0 Å². The van der Waals surface area contributed by atoms with Crippen LogP contribution in [0.1, 0.15) is 69.9 Å². The van der Waals surface area contributed by atoms with E-state index in [0.29, 0.717) is 0 Å². The van der Waals surface area contributed by atoms with Gasteiger partial charge in [-0.15, -0.1) is 0 Å². The highest BCUT2D eigenvalue weighted by Crippen LogP contribution is 2.23. The van der Waals surface area contributed by atoms with Crippen LogP contribution in [0.25, 0.3) is 5.76 Å². The van der Waals surface area contributed by atoms with Gasteiger partial charge in [0.25, 0.3) is 0 Å². The van der Waals surface area contributed by atoms with Gasteiger partial charge >= 0.3 is 10.4 Å². The van der Waals surface area contributed by atoms with Crippen molar-refractivity contribution in [3.05, 3.63) is 41.5 Å². The summed E-state index contributed by atoms with van der Waals surface area (Å²) in [6, 6.07) is 7.56. The maximum Gasteiger partial charge on any atom is 0.446 e. The zero-order chi connectivity index (χ0) is 17.1. The van der Waals surface area contributed by atoms with Crippen molar-refractivity contribution in [1.29, 1.82) is 0 Å². The lowest BCUT2D eigenvalue weighted by molar-refractivity contribution is 0.369. The van der Waals surface area contributed by atoms with Crippen LogP contribution in [-0.2, 0) is 21.0 Å². The van der Waals surface area contributed by atoms with Crippen LogP contribution < -0.4 is 0 Å². The lowest BCUT2D eigenvalue weighted by atomic mass is 9.99. The Labute approximate surface area is 140 Å². The molecule has 130 valence electrons. The fraction of sp³-hybridized carbons (Fsp3) is 0.556. The van der Waals surface area contributed by atoms with Gasteiger partial charge in [-0.3, -0.25) is 4.55 Å². The second-order valence-corrected chi connectivity index (χ2v) is 6.71. The molecular formula is C18H28O4S. The van der Waals surface area contributed by atoms with Crippen LogP contribution >= 0.6 is 0 Å². The van der Waals surface area contributed by atoms with Crippen molar-refractivity contribution in [2.75, 3.05) is 0 Å². The average molecular weight is 340 g/mol. The molecule has 0 saturated carbocycles. The third-order valence-electron chi connectivity index (χ3n) is 3.79. The molecule has 0 heterocycles. The number of hydrogen-bond acceptors (Lipinski definition) is 3. The zero-order valence-electron chi connectivity index (χ0n) is 14.1. The number of unbranched alkanes of at least 4 members (excludes halogenated alkanes) is 6. The minimum absolute atomic E-state index is 0.172. The van der Waals surface area contributed by atoms with Crippen molar-refractivity contribution in [2.45, 2.75) is 65.2 Å². The molecule has 0 aliphatic carbocycles. The Morgan fingerprint density at radius 2 is 1.70 bits per heavy atom. The summed E-state index contributed by atoms with van der Waals surface area (Å²) in [5, 5.41) is 0. The normalized spacial score (nSPS) is 12.4. The van der Waals surface area contributed by atoms with E-state index in [-0.39, 0.29) is 5.76 Å². The second-order valence-electron chi connectivity index (χ2n) is 5.69. The molecule has 5 heteroatoms. The first-order valence-electron chi connectivity index (χ1n) is 8.39. The second kappa shape index (κ2) is 10.4. The summed E-state index contributed by atoms with van der Waals surface area (Å²) >= 11 is 0. The van der Waals surface area contributed by atoms with Crippen LogP contribution in [0.2, 0.25) is 0 Å². The summed E-state index contributed by atoms with van der Waals surface area (Å²) < 4.78 is 35.5. The van der Waals surface area contributed by atoms with Crippen LogP contribution in [0.15, 0.2) is 30.3 Å². The third kappa shape index (κ3) is 8.18. The summed E-state index contributed by atoms with van der Waals surface area (Å²) in [5.41, 5.74) is 1.76. The van der Waals surface area contributed by atoms with Gasteiger partial charge in [0.2, 0.25) is 0 Å². The molecule has 0 aliphatic rings. The van der Waals surface area contributed by atoms with Gasteiger partial charge in [-0.1, -0.05) is 69.7 Å². The van der Waals surface area contributed by atoms with Gasteiger partial charge in [0, 0.05) is 5.56 Å². The van der Waals surface area contributed by atoms with Crippen molar-refractivity contribution in [3.63, 3.8) is 0 Å². The molecule has 0 atom stereocenters. The van der Waals surface area contributed by atoms with E-state index in [2.05, 4.69) is 11.1 Å². The predicted octanol–water partition coefficient (Wildman–Crippen LogP) is 5.16. The van der Waals surface area contributed by atoms with Gasteiger partial charge in [-0.2, -0.15) is 8.42 Å². The maximum atomic E-state index is 11.0. The standard InChI is InChI=1S/C18H28O4S/c1-3-5-6-7-8-9-10-13-16-14-11-12-15-17(16)18(4-2)22-23(19,20)21/h4,11-12,14-15H,3,5-10,13H2,1-2H3,(H,19,20,21)/b18-4-. The Hall–Kier alpha value is -1.33. The lowest BCUT2D eigenvalue weighted by Crippen LogP contribution is -2.05. The summed E-state index contributed by atoms with van der Waals surface area (Å²) in [4.78, 5) is 0. The van der Waals surface area contributed by atoms with E-state index in [1.165, 1.54) is 38.5 Å².